The molecule has 27 heavy (non-hydrogen) atoms. The number of pyridine rings is 1. The molecule has 5 nitrogen and oxygen atoms in total. The normalized spacial score (nSPS) is 18.0. The molecule has 1 saturated heterocycles. The maximum absolute atomic E-state index is 13.0. The topological polar surface area (TPSA) is 62.3 Å². The van der Waals surface area contributed by atoms with Gasteiger partial charge in [0.2, 0.25) is 11.8 Å². The molecule has 0 spiro atoms. The van der Waals surface area contributed by atoms with E-state index in [1.807, 2.05) is 19.1 Å². The number of rotatable bonds is 5. The molecule has 0 radical (unpaired) electrons. The van der Waals surface area contributed by atoms with E-state index in [2.05, 4.69) is 10.3 Å². The fraction of sp³-hybridized carbons (Fsp3) is 0.381. The summed E-state index contributed by atoms with van der Waals surface area (Å²) in [4.78, 5) is 30.9. The number of hydrogen-bond donors (Lipinski definition) is 1. The van der Waals surface area contributed by atoms with Crippen molar-refractivity contribution in [3.05, 3.63) is 65.7 Å². The quantitative estimate of drug-likeness (QED) is 0.882. The van der Waals surface area contributed by atoms with Gasteiger partial charge >= 0.3 is 0 Å². The van der Waals surface area contributed by atoms with Crippen LogP contribution < -0.4 is 5.32 Å². The summed E-state index contributed by atoms with van der Waals surface area (Å²) in [6.45, 7) is 3.02. The number of likely N-dealkylation sites (tertiary alicyclic amines) is 1. The smallest absolute Gasteiger partial charge is 0.227 e. The maximum Gasteiger partial charge on any atom is 0.227 e. The highest BCUT2D eigenvalue weighted by molar-refractivity contribution is 5.82. The molecule has 2 atom stereocenters. The van der Waals surface area contributed by atoms with Crippen LogP contribution in [0.15, 0.2) is 48.8 Å². The Hall–Kier alpha value is -2.76. The first-order chi connectivity index (χ1) is 13.0. The van der Waals surface area contributed by atoms with Crippen LogP contribution in [0, 0.1) is 11.7 Å². The number of halogens is 1. The first-order valence-corrected chi connectivity index (χ1v) is 9.25. The third kappa shape index (κ3) is 5.12. The number of carbonyl (C=O) groups is 2. The summed E-state index contributed by atoms with van der Waals surface area (Å²) in [6.07, 6.45) is 5.21. The van der Waals surface area contributed by atoms with Crippen molar-refractivity contribution in [2.45, 2.75) is 32.2 Å². The number of piperidine rings is 1. The number of nitrogens with one attached hydrogen (secondary N) is 1. The van der Waals surface area contributed by atoms with Gasteiger partial charge in [0.1, 0.15) is 5.82 Å². The van der Waals surface area contributed by atoms with Crippen molar-refractivity contribution in [1.82, 2.24) is 15.2 Å². The van der Waals surface area contributed by atoms with Gasteiger partial charge in [0, 0.05) is 25.5 Å². The molecular formula is C21H24FN3O2. The summed E-state index contributed by atoms with van der Waals surface area (Å²) >= 11 is 0. The molecule has 3 rings (SSSR count). The van der Waals surface area contributed by atoms with Gasteiger partial charge in [-0.2, -0.15) is 0 Å². The van der Waals surface area contributed by atoms with E-state index >= 15 is 0 Å². The number of nitrogens with zero attached hydrogens (tertiary/aromatic N) is 2. The molecule has 1 aliphatic heterocycles. The number of carbonyl (C=O) groups excluding carboxylic acids is 2. The average Bonchev–Trinajstić information content (AvgIpc) is 2.70. The van der Waals surface area contributed by atoms with Crippen molar-refractivity contribution in [2.75, 3.05) is 13.1 Å². The fourth-order valence-corrected chi connectivity index (χ4v) is 3.37. The Morgan fingerprint density at radius 1 is 1.22 bits per heavy atom. The molecule has 1 N–H and O–H groups in total. The van der Waals surface area contributed by atoms with Crippen LogP contribution in [0.3, 0.4) is 0 Å². The van der Waals surface area contributed by atoms with Gasteiger partial charge in [-0.1, -0.05) is 12.1 Å². The van der Waals surface area contributed by atoms with Crippen LogP contribution in [0.5, 0.6) is 0 Å². The van der Waals surface area contributed by atoms with Gasteiger partial charge in [0.05, 0.1) is 18.4 Å². The summed E-state index contributed by atoms with van der Waals surface area (Å²) in [6, 6.07) is 9.61. The highest BCUT2D eigenvalue weighted by atomic mass is 19.1. The zero-order valence-corrected chi connectivity index (χ0v) is 15.4. The minimum absolute atomic E-state index is 0.0266. The second-order valence-corrected chi connectivity index (χ2v) is 6.99. The van der Waals surface area contributed by atoms with E-state index in [1.54, 1.807) is 29.4 Å². The zero-order valence-electron chi connectivity index (χ0n) is 15.4. The molecule has 0 aliphatic carbocycles. The minimum atomic E-state index is -0.316. The lowest BCUT2D eigenvalue weighted by atomic mass is 9.95. The number of hydrogen-bond acceptors (Lipinski definition) is 3. The lowest BCUT2D eigenvalue weighted by molar-refractivity contribution is -0.135. The molecule has 2 heterocycles. The number of aromatic nitrogens is 1. The summed E-state index contributed by atoms with van der Waals surface area (Å²) in [5.41, 5.74) is 1.78. The lowest BCUT2D eigenvalue weighted by Crippen LogP contribution is -2.46. The molecule has 1 aliphatic rings. The van der Waals surface area contributed by atoms with E-state index in [-0.39, 0.29) is 36.0 Å². The van der Waals surface area contributed by atoms with Gasteiger partial charge in [-0.3, -0.25) is 14.6 Å². The van der Waals surface area contributed by atoms with E-state index in [9.17, 15) is 14.0 Å². The Morgan fingerprint density at radius 2 is 1.93 bits per heavy atom. The molecular weight excluding hydrogens is 345 g/mol. The predicted molar refractivity (Wildman–Crippen MR) is 100 cm³/mol. The number of amides is 2. The molecule has 6 heteroatoms. The van der Waals surface area contributed by atoms with Gasteiger partial charge in [0.15, 0.2) is 0 Å². The molecule has 142 valence electrons. The summed E-state index contributed by atoms with van der Waals surface area (Å²) in [7, 11) is 0. The molecule has 2 aromatic rings. The van der Waals surface area contributed by atoms with Gasteiger partial charge in [0.25, 0.3) is 0 Å². The summed E-state index contributed by atoms with van der Waals surface area (Å²) < 4.78 is 13.0. The highest BCUT2D eigenvalue weighted by Crippen LogP contribution is 2.20. The Kier molecular flexibility index (Phi) is 6.16. The Bertz CT molecular complexity index is 780. The van der Waals surface area contributed by atoms with Crippen LogP contribution >= 0.6 is 0 Å². The third-order valence-electron chi connectivity index (χ3n) is 4.98. The minimum Gasteiger partial charge on any atom is -0.349 e. The van der Waals surface area contributed by atoms with Crippen molar-refractivity contribution in [3.63, 3.8) is 0 Å². The van der Waals surface area contributed by atoms with Crippen molar-refractivity contribution in [1.29, 1.82) is 0 Å². The van der Waals surface area contributed by atoms with Crippen LogP contribution in [0.1, 0.15) is 36.9 Å². The molecule has 1 aromatic heterocycles. The van der Waals surface area contributed by atoms with Crippen molar-refractivity contribution in [3.8, 4) is 0 Å². The van der Waals surface area contributed by atoms with E-state index in [0.717, 1.165) is 24.0 Å². The first kappa shape index (κ1) is 19.0. The summed E-state index contributed by atoms with van der Waals surface area (Å²) in [5.74, 6) is -0.579. The van der Waals surface area contributed by atoms with Crippen LogP contribution in [0.4, 0.5) is 4.39 Å². The maximum atomic E-state index is 13.0. The largest absolute Gasteiger partial charge is 0.349 e. The second kappa shape index (κ2) is 8.75. The Labute approximate surface area is 158 Å². The summed E-state index contributed by atoms with van der Waals surface area (Å²) in [5, 5.41) is 3.03. The van der Waals surface area contributed by atoms with Crippen LogP contribution in [-0.2, 0) is 16.0 Å². The van der Waals surface area contributed by atoms with Crippen LogP contribution in [0.2, 0.25) is 0 Å². The van der Waals surface area contributed by atoms with Gasteiger partial charge < -0.3 is 10.2 Å². The Balaban J connectivity index is 1.55. The SMILES string of the molecule is C[C@@H](NC(=O)[C@@H]1CCCN(C(=O)Cc2ccc(F)cc2)C1)c1ccncc1. The van der Waals surface area contributed by atoms with Crippen molar-refractivity contribution >= 4 is 11.8 Å². The number of benzene rings is 1. The highest BCUT2D eigenvalue weighted by Gasteiger charge is 2.29. The molecule has 0 unspecified atom stereocenters. The third-order valence-corrected chi connectivity index (χ3v) is 4.98. The predicted octanol–water partition coefficient (Wildman–Crippen LogP) is 2.88. The van der Waals surface area contributed by atoms with Gasteiger partial charge in [-0.25, -0.2) is 4.39 Å². The Morgan fingerprint density at radius 3 is 2.63 bits per heavy atom. The monoisotopic (exact) mass is 369 g/mol. The average molecular weight is 369 g/mol. The fourth-order valence-electron chi connectivity index (χ4n) is 3.37. The standard InChI is InChI=1S/C21H24FN3O2/c1-15(17-8-10-23-11-9-17)24-21(27)18-3-2-12-25(14-18)20(26)13-16-4-6-19(22)7-5-16/h4-11,15,18H,2-3,12-14H2,1H3,(H,24,27)/t15-,18-/m1/s1. The molecule has 1 aromatic carbocycles. The van der Waals surface area contributed by atoms with Gasteiger partial charge in [-0.15, -0.1) is 0 Å². The molecule has 0 bridgehead atoms. The van der Waals surface area contributed by atoms with Crippen LogP contribution in [0.25, 0.3) is 0 Å². The van der Waals surface area contributed by atoms with E-state index in [0.29, 0.717) is 13.1 Å². The lowest BCUT2D eigenvalue weighted by Gasteiger charge is -2.32. The zero-order chi connectivity index (χ0) is 19.2. The van der Waals surface area contributed by atoms with E-state index in [1.165, 1.54) is 12.1 Å². The molecule has 0 saturated carbocycles. The molecule has 2 amide bonds. The van der Waals surface area contributed by atoms with E-state index in [4.69, 9.17) is 0 Å². The molecule has 1 fully saturated rings. The first-order valence-electron chi connectivity index (χ1n) is 9.25. The van der Waals surface area contributed by atoms with Crippen molar-refractivity contribution in [2.24, 2.45) is 5.92 Å². The van der Waals surface area contributed by atoms with Gasteiger partial charge in [-0.05, 0) is 55.2 Å². The van der Waals surface area contributed by atoms with E-state index < -0.39 is 0 Å². The second-order valence-electron chi connectivity index (χ2n) is 6.99. The van der Waals surface area contributed by atoms with Crippen LogP contribution in [-0.4, -0.2) is 34.8 Å². The van der Waals surface area contributed by atoms with Crippen molar-refractivity contribution < 1.29 is 14.0 Å².